The summed E-state index contributed by atoms with van der Waals surface area (Å²) in [6, 6.07) is 13.1. The third-order valence-corrected chi connectivity index (χ3v) is 4.96. The van der Waals surface area contributed by atoms with Crippen LogP contribution in [0, 0.1) is 5.82 Å². The minimum Gasteiger partial charge on any atom is -0.493 e. The zero-order chi connectivity index (χ0) is 22.3. The van der Waals surface area contributed by atoms with Gasteiger partial charge in [-0.25, -0.2) is 9.18 Å². The molecule has 32 heavy (non-hydrogen) atoms. The summed E-state index contributed by atoms with van der Waals surface area (Å²) in [5.74, 6) is 0.843. The largest absolute Gasteiger partial charge is 0.493 e. The third kappa shape index (κ3) is 5.36. The number of nitrogens with one attached hydrogen (secondary N) is 1. The highest BCUT2D eigenvalue weighted by Crippen LogP contribution is 2.34. The number of halogens is 1. The minimum atomic E-state index is -0.664. The molecule has 0 spiro atoms. The molecule has 1 amide bonds. The molecule has 0 aliphatic carbocycles. The van der Waals surface area contributed by atoms with Crippen molar-refractivity contribution in [2.75, 3.05) is 32.2 Å². The highest BCUT2D eigenvalue weighted by molar-refractivity contribution is 5.84. The van der Waals surface area contributed by atoms with E-state index >= 15 is 0 Å². The number of anilines is 1. The summed E-state index contributed by atoms with van der Waals surface area (Å²) in [7, 11) is 1.60. The Morgan fingerprint density at radius 1 is 1.25 bits per heavy atom. The van der Waals surface area contributed by atoms with Gasteiger partial charge in [0, 0.05) is 23.9 Å². The van der Waals surface area contributed by atoms with Crippen LogP contribution in [0.1, 0.15) is 6.42 Å². The number of ether oxygens (including phenoxy) is 4. The van der Waals surface area contributed by atoms with E-state index in [0.717, 1.165) is 17.7 Å². The Labute approximate surface area is 184 Å². The van der Waals surface area contributed by atoms with Gasteiger partial charge in [0.05, 0.1) is 32.6 Å². The molecular weight excluding hydrogens is 417 g/mol. The molecule has 1 N–H and O–H groups in total. The molecule has 1 aliphatic heterocycles. The van der Waals surface area contributed by atoms with Crippen molar-refractivity contribution < 1.29 is 28.1 Å². The molecule has 0 bridgehead atoms. The topological polar surface area (TPSA) is 83.8 Å². The zero-order valence-electron chi connectivity index (χ0n) is 17.6. The van der Waals surface area contributed by atoms with Gasteiger partial charge in [-0.1, -0.05) is 6.07 Å². The lowest BCUT2D eigenvalue weighted by molar-refractivity contribution is 0.138. The molecule has 1 fully saturated rings. The van der Waals surface area contributed by atoms with Crippen LogP contribution in [0.15, 0.2) is 54.7 Å². The Bertz CT molecular complexity index is 1070. The summed E-state index contributed by atoms with van der Waals surface area (Å²) in [6.45, 7) is 1.68. The molecule has 8 nitrogen and oxygen atoms in total. The van der Waals surface area contributed by atoms with Gasteiger partial charge in [0.2, 0.25) is 0 Å². The monoisotopic (exact) mass is 441 g/mol. The summed E-state index contributed by atoms with van der Waals surface area (Å²) in [4.78, 5) is 12.0. The highest BCUT2D eigenvalue weighted by Gasteiger charge is 2.20. The van der Waals surface area contributed by atoms with Gasteiger partial charge >= 0.3 is 6.09 Å². The standard InChI is InChI=1S/C23H24FN3O5/c1-29-21-6-5-16(13-22(21)32-19-8-11-30-15-19)20-7-9-25-27(20)10-12-31-23(28)26-18-4-2-3-17(24)14-18/h2-7,9,13-14,19H,8,10-12,15H2,1H3,(H,26,28)/t19-/m1/s1. The second-order valence-corrected chi connectivity index (χ2v) is 7.18. The lowest BCUT2D eigenvalue weighted by Crippen LogP contribution is -2.18. The summed E-state index contributed by atoms with van der Waals surface area (Å²) in [5, 5.41) is 6.82. The Kier molecular flexibility index (Phi) is 6.86. The van der Waals surface area contributed by atoms with Crippen molar-refractivity contribution in [1.82, 2.24) is 9.78 Å². The van der Waals surface area contributed by atoms with Crippen molar-refractivity contribution in [3.8, 4) is 22.8 Å². The molecule has 0 unspecified atom stereocenters. The maximum absolute atomic E-state index is 13.2. The first kappa shape index (κ1) is 21.6. The number of benzene rings is 2. The van der Waals surface area contributed by atoms with E-state index < -0.39 is 11.9 Å². The van der Waals surface area contributed by atoms with Gasteiger partial charge in [-0.2, -0.15) is 5.10 Å². The van der Waals surface area contributed by atoms with Crippen LogP contribution in [0.4, 0.5) is 14.9 Å². The first-order valence-corrected chi connectivity index (χ1v) is 10.3. The van der Waals surface area contributed by atoms with E-state index in [0.29, 0.717) is 36.9 Å². The molecule has 9 heteroatoms. The van der Waals surface area contributed by atoms with Crippen molar-refractivity contribution in [1.29, 1.82) is 0 Å². The predicted molar refractivity (Wildman–Crippen MR) is 115 cm³/mol. The summed E-state index contributed by atoms with van der Waals surface area (Å²) in [5.41, 5.74) is 2.06. The van der Waals surface area contributed by atoms with E-state index in [2.05, 4.69) is 10.4 Å². The molecule has 4 rings (SSSR count). The summed E-state index contributed by atoms with van der Waals surface area (Å²) in [6.07, 6.45) is 1.84. The average molecular weight is 441 g/mol. The summed E-state index contributed by atoms with van der Waals surface area (Å²) >= 11 is 0. The number of aromatic nitrogens is 2. The maximum Gasteiger partial charge on any atom is 0.411 e. The van der Waals surface area contributed by atoms with Gasteiger partial charge in [0.1, 0.15) is 18.5 Å². The molecule has 0 radical (unpaired) electrons. The number of carbonyl (C=O) groups is 1. The number of methoxy groups -OCH3 is 1. The van der Waals surface area contributed by atoms with E-state index in [1.807, 2.05) is 24.3 Å². The van der Waals surface area contributed by atoms with E-state index in [4.69, 9.17) is 18.9 Å². The van der Waals surface area contributed by atoms with E-state index in [-0.39, 0.29) is 12.7 Å². The quantitative estimate of drug-likeness (QED) is 0.566. The van der Waals surface area contributed by atoms with E-state index in [1.54, 1.807) is 24.1 Å². The van der Waals surface area contributed by atoms with Gasteiger partial charge < -0.3 is 18.9 Å². The zero-order valence-corrected chi connectivity index (χ0v) is 17.6. The van der Waals surface area contributed by atoms with Crippen molar-refractivity contribution in [2.45, 2.75) is 19.1 Å². The SMILES string of the molecule is COc1ccc(-c2ccnn2CCOC(=O)Nc2cccc(F)c2)cc1O[C@@H]1CCOC1. The van der Waals surface area contributed by atoms with Gasteiger partial charge in [-0.05, 0) is 42.5 Å². The first-order chi connectivity index (χ1) is 15.6. The van der Waals surface area contributed by atoms with Gasteiger partial charge in [0.15, 0.2) is 11.5 Å². The summed E-state index contributed by atoms with van der Waals surface area (Å²) < 4.78 is 37.1. The smallest absolute Gasteiger partial charge is 0.411 e. The first-order valence-electron chi connectivity index (χ1n) is 10.3. The number of hydrogen-bond donors (Lipinski definition) is 1. The highest BCUT2D eigenvalue weighted by atomic mass is 19.1. The minimum absolute atomic E-state index is 0.00550. The lowest BCUT2D eigenvalue weighted by atomic mass is 10.1. The molecule has 1 atom stereocenters. The van der Waals surface area contributed by atoms with Crippen LogP contribution in [-0.2, 0) is 16.0 Å². The van der Waals surface area contributed by atoms with Crippen molar-refractivity contribution in [3.05, 3.63) is 60.5 Å². The van der Waals surface area contributed by atoms with Crippen LogP contribution < -0.4 is 14.8 Å². The van der Waals surface area contributed by atoms with Crippen LogP contribution in [-0.4, -0.2) is 48.9 Å². The fourth-order valence-electron chi connectivity index (χ4n) is 3.41. The van der Waals surface area contributed by atoms with Crippen LogP contribution in [0.3, 0.4) is 0 Å². The van der Waals surface area contributed by atoms with Crippen LogP contribution in [0.2, 0.25) is 0 Å². The normalized spacial score (nSPS) is 15.4. The third-order valence-electron chi connectivity index (χ3n) is 4.96. The van der Waals surface area contributed by atoms with E-state index in [1.165, 1.54) is 18.2 Å². The molecule has 2 heterocycles. The number of amides is 1. The Balaban J connectivity index is 1.39. The number of carbonyl (C=O) groups excluding carboxylic acids is 1. The fourth-order valence-corrected chi connectivity index (χ4v) is 3.41. The van der Waals surface area contributed by atoms with Gasteiger partial charge in [0.25, 0.3) is 0 Å². The van der Waals surface area contributed by atoms with Crippen LogP contribution >= 0.6 is 0 Å². The molecule has 3 aromatic rings. The fraction of sp³-hybridized carbons (Fsp3) is 0.304. The second kappa shape index (κ2) is 10.1. The average Bonchev–Trinajstić information content (AvgIpc) is 3.46. The molecule has 1 aromatic heterocycles. The van der Waals surface area contributed by atoms with Gasteiger partial charge in [-0.3, -0.25) is 10.00 Å². The second-order valence-electron chi connectivity index (χ2n) is 7.18. The predicted octanol–water partition coefficient (Wildman–Crippen LogP) is 4.11. The van der Waals surface area contributed by atoms with Crippen molar-refractivity contribution >= 4 is 11.8 Å². The maximum atomic E-state index is 13.2. The Hall–Kier alpha value is -3.59. The van der Waals surface area contributed by atoms with Crippen LogP contribution in [0.5, 0.6) is 11.5 Å². The Morgan fingerprint density at radius 2 is 2.16 bits per heavy atom. The molecule has 0 saturated carbocycles. The van der Waals surface area contributed by atoms with Crippen molar-refractivity contribution in [3.63, 3.8) is 0 Å². The lowest BCUT2D eigenvalue weighted by Gasteiger charge is -2.16. The molecule has 1 saturated heterocycles. The molecule has 1 aliphatic rings. The van der Waals surface area contributed by atoms with Crippen LogP contribution in [0.25, 0.3) is 11.3 Å². The molecule has 168 valence electrons. The number of rotatable bonds is 8. The van der Waals surface area contributed by atoms with Crippen molar-refractivity contribution in [2.24, 2.45) is 0 Å². The number of hydrogen-bond acceptors (Lipinski definition) is 6. The van der Waals surface area contributed by atoms with Gasteiger partial charge in [-0.15, -0.1) is 0 Å². The van der Waals surface area contributed by atoms with E-state index in [9.17, 15) is 9.18 Å². The molecule has 2 aromatic carbocycles. The Morgan fingerprint density at radius 3 is 2.94 bits per heavy atom. The number of nitrogens with zero attached hydrogens (tertiary/aromatic N) is 2. The molecular formula is C23H24FN3O5.